The van der Waals surface area contributed by atoms with Gasteiger partial charge in [-0.25, -0.2) is 0 Å². The number of hydrogen-bond donors (Lipinski definition) is 1. The molecule has 1 unspecified atom stereocenters. The van der Waals surface area contributed by atoms with Gasteiger partial charge in [-0.3, -0.25) is 10.1 Å². The Hall–Kier alpha value is -1.10. The molecule has 5 heteroatoms. The fourth-order valence-corrected chi connectivity index (χ4v) is 2.11. The summed E-state index contributed by atoms with van der Waals surface area (Å²) >= 11 is 3.17. The zero-order valence-corrected chi connectivity index (χ0v) is 10.5. The average molecular weight is 285 g/mol. The Morgan fingerprint density at radius 3 is 2.81 bits per heavy atom. The van der Waals surface area contributed by atoms with Gasteiger partial charge in [0.15, 0.2) is 0 Å². The minimum atomic E-state index is -0.378. The van der Waals surface area contributed by atoms with Gasteiger partial charge in [0, 0.05) is 17.8 Å². The molecule has 0 heterocycles. The summed E-state index contributed by atoms with van der Waals surface area (Å²) in [4.78, 5) is 10.4. The predicted octanol–water partition coefficient (Wildman–Crippen LogP) is 3.57. The SMILES string of the molecule is CC(Nc1ccc(Br)c([N+](=O)[O-])c1)C1CC1. The normalized spacial score (nSPS) is 16.9. The number of nitrogens with zero attached hydrogens (tertiary/aromatic N) is 1. The van der Waals surface area contributed by atoms with Crippen molar-refractivity contribution in [2.24, 2.45) is 5.92 Å². The van der Waals surface area contributed by atoms with Crippen molar-refractivity contribution in [2.75, 3.05) is 5.32 Å². The molecule has 1 aromatic carbocycles. The number of nitrogens with one attached hydrogen (secondary N) is 1. The minimum Gasteiger partial charge on any atom is -0.382 e. The highest BCUT2D eigenvalue weighted by Crippen LogP contribution is 2.35. The molecule has 1 saturated carbocycles. The second kappa shape index (κ2) is 4.41. The van der Waals surface area contributed by atoms with Gasteiger partial charge in [0.25, 0.3) is 5.69 Å². The van der Waals surface area contributed by atoms with Crippen LogP contribution in [0, 0.1) is 16.0 Å². The van der Waals surface area contributed by atoms with Crippen molar-refractivity contribution in [1.29, 1.82) is 0 Å². The van der Waals surface area contributed by atoms with E-state index in [4.69, 9.17) is 0 Å². The number of anilines is 1. The quantitative estimate of drug-likeness (QED) is 0.679. The van der Waals surface area contributed by atoms with Crippen LogP contribution in [0.1, 0.15) is 19.8 Å². The standard InChI is InChI=1S/C11H13BrN2O2/c1-7(8-2-3-8)13-9-4-5-10(12)11(6-9)14(15)16/h4-8,13H,2-3H2,1H3. The van der Waals surface area contributed by atoms with Crippen molar-refractivity contribution in [1.82, 2.24) is 0 Å². The summed E-state index contributed by atoms with van der Waals surface area (Å²) < 4.78 is 0.516. The Morgan fingerprint density at radius 2 is 2.25 bits per heavy atom. The predicted molar refractivity (Wildman–Crippen MR) is 66.6 cm³/mol. The fraction of sp³-hybridized carbons (Fsp3) is 0.455. The molecule has 0 spiro atoms. The van der Waals surface area contributed by atoms with Crippen LogP contribution >= 0.6 is 15.9 Å². The summed E-state index contributed by atoms with van der Waals surface area (Å²) in [5.74, 6) is 0.725. The van der Waals surface area contributed by atoms with Crippen molar-refractivity contribution < 1.29 is 4.92 Å². The number of halogens is 1. The second-order valence-electron chi connectivity index (χ2n) is 4.19. The molecule has 0 radical (unpaired) electrons. The Balaban J connectivity index is 2.15. The summed E-state index contributed by atoms with van der Waals surface area (Å²) in [6.07, 6.45) is 2.51. The van der Waals surface area contributed by atoms with Crippen molar-refractivity contribution in [3.05, 3.63) is 32.8 Å². The molecule has 1 aliphatic carbocycles. The van der Waals surface area contributed by atoms with Crippen molar-refractivity contribution in [3.63, 3.8) is 0 Å². The van der Waals surface area contributed by atoms with E-state index in [1.807, 2.05) is 6.07 Å². The molecule has 1 fully saturated rings. The number of nitro groups is 1. The van der Waals surface area contributed by atoms with Crippen molar-refractivity contribution in [3.8, 4) is 0 Å². The lowest BCUT2D eigenvalue weighted by molar-refractivity contribution is -0.385. The maximum atomic E-state index is 10.8. The summed E-state index contributed by atoms with van der Waals surface area (Å²) in [5.41, 5.74) is 0.919. The Kier molecular flexibility index (Phi) is 3.14. The largest absolute Gasteiger partial charge is 0.382 e. The van der Waals surface area contributed by atoms with Crippen LogP contribution in [0.3, 0.4) is 0 Å². The molecular formula is C11H13BrN2O2. The third kappa shape index (κ3) is 2.52. The van der Waals surface area contributed by atoms with Gasteiger partial charge in [-0.1, -0.05) is 0 Å². The van der Waals surface area contributed by atoms with Crippen LogP contribution < -0.4 is 5.32 Å². The van der Waals surface area contributed by atoms with Crippen LogP contribution in [-0.4, -0.2) is 11.0 Å². The lowest BCUT2D eigenvalue weighted by atomic mass is 10.2. The molecule has 16 heavy (non-hydrogen) atoms. The van der Waals surface area contributed by atoms with Crippen LogP contribution in [0.25, 0.3) is 0 Å². The van der Waals surface area contributed by atoms with Crippen LogP contribution in [0.15, 0.2) is 22.7 Å². The smallest absolute Gasteiger partial charge is 0.285 e. The molecule has 2 rings (SSSR count). The van der Waals surface area contributed by atoms with E-state index in [2.05, 4.69) is 28.2 Å². The summed E-state index contributed by atoms with van der Waals surface area (Å²) in [6, 6.07) is 5.53. The van der Waals surface area contributed by atoms with E-state index in [1.54, 1.807) is 12.1 Å². The van der Waals surface area contributed by atoms with Gasteiger partial charge in [-0.15, -0.1) is 0 Å². The van der Waals surface area contributed by atoms with E-state index in [1.165, 1.54) is 12.8 Å². The first-order valence-electron chi connectivity index (χ1n) is 5.28. The monoisotopic (exact) mass is 284 g/mol. The fourth-order valence-electron chi connectivity index (χ4n) is 1.72. The average Bonchev–Trinajstić information content (AvgIpc) is 3.03. The number of rotatable bonds is 4. The number of benzene rings is 1. The third-order valence-electron chi connectivity index (χ3n) is 2.87. The van der Waals surface area contributed by atoms with E-state index in [9.17, 15) is 10.1 Å². The third-order valence-corrected chi connectivity index (χ3v) is 3.54. The van der Waals surface area contributed by atoms with Gasteiger partial charge in [0.1, 0.15) is 0 Å². The summed E-state index contributed by atoms with van der Waals surface area (Å²) in [6.45, 7) is 2.12. The van der Waals surface area contributed by atoms with Gasteiger partial charge in [-0.2, -0.15) is 0 Å². The van der Waals surface area contributed by atoms with E-state index < -0.39 is 0 Å². The molecule has 0 aliphatic heterocycles. The van der Waals surface area contributed by atoms with Crippen molar-refractivity contribution in [2.45, 2.75) is 25.8 Å². The van der Waals surface area contributed by atoms with E-state index >= 15 is 0 Å². The highest BCUT2D eigenvalue weighted by atomic mass is 79.9. The zero-order chi connectivity index (χ0) is 11.7. The highest BCUT2D eigenvalue weighted by molar-refractivity contribution is 9.10. The Morgan fingerprint density at radius 1 is 1.56 bits per heavy atom. The lowest BCUT2D eigenvalue weighted by Gasteiger charge is -2.14. The molecule has 1 N–H and O–H groups in total. The lowest BCUT2D eigenvalue weighted by Crippen LogP contribution is -2.17. The van der Waals surface area contributed by atoms with Gasteiger partial charge >= 0.3 is 0 Å². The first kappa shape index (κ1) is 11.4. The summed E-state index contributed by atoms with van der Waals surface area (Å²) in [7, 11) is 0. The minimum absolute atomic E-state index is 0.105. The topological polar surface area (TPSA) is 55.2 Å². The second-order valence-corrected chi connectivity index (χ2v) is 5.05. The van der Waals surface area contributed by atoms with E-state index in [-0.39, 0.29) is 10.6 Å². The van der Waals surface area contributed by atoms with Gasteiger partial charge in [-0.05, 0) is 53.7 Å². The number of hydrogen-bond acceptors (Lipinski definition) is 3. The molecular weight excluding hydrogens is 272 g/mol. The van der Waals surface area contributed by atoms with E-state index in [0.29, 0.717) is 10.5 Å². The molecule has 1 atom stereocenters. The molecule has 1 aromatic rings. The molecule has 4 nitrogen and oxygen atoms in total. The maximum absolute atomic E-state index is 10.8. The first-order chi connectivity index (χ1) is 7.58. The van der Waals surface area contributed by atoms with Crippen LogP contribution in [0.2, 0.25) is 0 Å². The zero-order valence-electron chi connectivity index (χ0n) is 8.94. The van der Waals surface area contributed by atoms with Crippen LogP contribution in [0.4, 0.5) is 11.4 Å². The first-order valence-corrected chi connectivity index (χ1v) is 6.07. The Bertz CT molecular complexity index is 418. The molecule has 0 aromatic heterocycles. The van der Waals surface area contributed by atoms with Crippen molar-refractivity contribution >= 4 is 27.3 Å². The van der Waals surface area contributed by atoms with E-state index in [0.717, 1.165) is 11.6 Å². The Labute approximate surface area is 102 Å². The maximum Gasteiger partial charge on any atom is 0.285 e. The number of nitro benzene ring substituents is 1. The van der Waals surface area contributed by atoms with Crippen LogP contribution in [-0.2, 0) is 0 Å². The summed E-state index contributed by atoms with van der Waals surface area (Å²) in [5, 5.41) is 14.1. The van der Waals surface area contributed by atoms with Crippen LogP contribution in [0.5, 0.6) is 0 Å². The molecule has 0 amide bonds. The molecule has 86 valence electrons. The molecule has 0 bridgehead atoms. The highest BCUT2D eigenvalue weighted by Gasteiger charge is 2.28. The van der Waals surface area contributed by atoms with Gasteiger partial charge < -0.3 is 5.32 Å². The molecule has 0 saturated heterocycles. The van der Waals surface area contributed by atoms with Gasteiger partial charge in [0.2, 0.25) is 0 Å². The van der Waals surface area contributed by atoms with Gasteiger partial charge in [0.05, 0.1) is 9.40 Å². The molecule has 1 aliphatic rings.